The van der Waals surface area contributed by atoms with Crippen LogP contribution in [0.2, 0.25) is 0 Å². The zero-order valence-corrected chi connectivity index (χ0v) is 21.2. The number of hydrogen-bond acceptors (Lipinski definition) is 4. The van der Waals surface area contributed by atoms with Crippen molar-refractivity contribution in [1.29, 1.82) is 0 Å². The van der Waals surface area contributed by atoms with Crippen molar-refractivity contribution in [3.8, 4) is 16.9 Å². The van der Waals surface area contributed by atoms with Gasteiger partial charge in [-0.05, 0) is 60.8 Å². The molecule has 1 aliphatic heterocycles. The molecule has 158 valence electrons. The van der Waals surface area contributed by atoms with Gasteiger partial charge in [-0.1, -0.05) is 18.2 Å². The van der Waals surface area contributed by atoms with E-state index in [2.05, 4.69) is 35.6 Å². The topological polar surface area (TPSA) is 71.7 Å². The third-order valence-electron chi connectivity index (χ3n) is 5.18. The van der Waals surface area contributed by atoms with E-state index in [-0.39, 0.29) is 57.4 Å². The Hall–Kier alpha value is -1.93. The Labute approximate surface area is 230 Å². The van der Waals surface area contributed by atoms with Crippen LogP contribution in [0, 0.1) is 6.07 Å². The average Bonchev–Trinajstić information content (AvgIpc) is 3.51. The van der Waals surface area contributed by atoms with E-state index in [1.54, 1.807) is 6.26 Å². The van der Waals surface area contributed by atoms with Gasteiger partial charge in [-0.2, -0.15) is 30.3 Å². The van der Waals surface area contributed by atoms with Gasteiger partial charge in [0.25, 0.3) is 0 Å². The zero-order chi connectivity index (χ0) is 21.5. The molecule has 0 aliphatic carbocycles. The van der Waals surface area contributed by atoms with Crippen LogP contribution in [0.5, 0.6) is 5.75 Å². The number of carboxylic acids is 1. The molecule has 5 rings (SSSR count). The maximum atomic E-state index is 10.1. The van der Waals surface area contributed by atoms with Gasteiger partial charge < -0.3 is 19.6 Å². The number of fused-ring (bicyclic) bond motifs is 1. The summed E-state index contributed by atoms with van der Waals surface area (Å²) in [4.78, 5) is 10.1. The van der Waals surface area contributed by atoms with Crippen molar-refractivity contribution in [2.24, 2.45) is 0 Å². The molecule has 0 bridgehead atoms. The summed E-state index contributed by atoms with van der Waals surface area (Å²) in [5.74, 6) is 0.143. The van der Waals surface area contributed by atoms with Crippen molar-refractivity contribution >= 4 is 16.9 Å². The average molecular weight is 454 g/mol. The summed E-state index contributed by atoms with van der Waals surface area (Å²) in [6.07, 6.45) is 3.50. The van der Waals surface area contributed by atoms with Crippen molar-refractivity contribution in [2.75, 3.05) is 6.54 Å². The SMILES string of the molecule is O=C(O)C1CCCN1.[K+].[c-]1cccc(COc2ccc(-c3ccc4occc4c3)cc2)c1. The Morgan fingerprint density at radius 1 is 1.12 bits per heavy atom. The molecule has 5 nitrogen and oxygen atoms in total. The molecule has 1 saturated heterocycles. The molecule has 2 heterocycles. The summed E-state index contributed by atoms with van der Waals surface area (Å²) in [7, 11) is 0. The van der Waals surface area contributed by atoms with E-state index >= 15 is 0 Å². The molecule has 1 fully saturated rings. The number of furan rings is 1. The number of ether oxygens (including phenoxy) is 1. The number of aliphatic carboxylic acids is 1. The first-order valence-electron chi connectivity index (χ1n) is 10.3. The molecule has 1 aliphatic rings. The summed E-state index contributed by atoms with van der Waals surface area (Å²) in [6, 6.07) is 26.9. The van der Waals surface area contributed by atoms with E-state index < -0.39 is 5.97 Å². The number of rotatable bonds is 5. The summed E-state index contributed by atoms with van der Waals surface area (Å²) < 4.78 is 11.2. The fraction of sp³-hybridized carbons (Fsp3) is 0.192. The van der Waals surface area contributed by atoms with Gasteiger partial charge in [0.2, 0.25) is 0 Å². The maximum Gasteiger partial charge on any atom is 1.00 e. The van der Waals surface area contributed by atoms with Gasteiger partial charge in [0.1, 0.15) is 17.4 Å². The van der Waals surface area contributed by atoms with E-state index in [0.717, 1.165) is 47.2 Å². The van der Waals surface area contributed by atoms with E-state index in [0.29, 0.717) is 6.61 Å². The fourth-order valence-electron chi connectivity index (χ4n) is 3.47. The molecule has 2 N–H and O–H groups in total. The van der Waals surface area contributed by atoms with Crippen LogP contribution >= 0.6 is 0 Å². The molecule has 0 spiro atoms. The third kappa shape index (κ3) is 6.78. The molecule has 1 aromatic heterocycles. The molecule has 32 heavy (non-hydrogen) atoms. The Kier molecular flexibility index (Phi) is 9.53. The second-order valence-electron chi connectivity index (χ2n) is 7.39. The number of nitrogens with one attached hydrogen (secondary N) is 1. The molecular weight excluding hydrogens is 429 g/mol. The van der Waals surface area contributed by atoms with Gasteiger partial charge in [-0.3, -0.25) is 4.79 Å². The second kappa shape index (κ2) is 12.3. The molecule has 6 heteroatoms. The van der Waals surface area contributed by atoms with Crippen LogP contribution in [0.3, 0.4) is 0 Å². The van der Waals surface area contributed by atoms with Crippen molar-refractivity contribution < 1.29 is 70.4 Å². The van der Waals surface area contributed by atoms with Crippen molar-refractivity contribution in [3.63, 3.8) is 0 Å². The molecular formula is C26H24KNO4. The first kappa shape index (κ1) is 24.7. The molecule has 0 saturated carbocycles. The number of benzene rings is 3. The normalized spacial score (nSPS) is 14.8. The van der Waals surface area contributed by atoms with Gasteiger partial charge in [-0.25, -0.2) is 0 Å². The van der Waals surface area contributed by atoms with Gasteiger partial charge in [0.05, 0.1) is 12.9 Å². The van der Waals surface area contributed by atoms with Gasteiger partial charge >= 0.3 is 57.4 Å². The Morgan fingerprint density at radius 3 is 2.59 bits per heavy atom. The monoisotopic (exact) mass is 453 g/mol. The van der Waals surface area contributed by atoms with Crippen LogP contribution < -0.4 is 61.4 Å². The number of carbonyl (C=O) groups is 1. The molecule has 0 radical (unpaired) electrons. The van der Waals surface area contributed by atoms with Crippen LogP contribution in [0.15, 0.2) is 83.5 Å². The van der Waals surface area contributed by atoms with Crippen LogP contribution in [-0.2, 0) is 11.4 Å². The molecule has 1 atom stereocenters. The van der Waals surface area contributed by atoms with Crippen molar-refractivity contribution in [3.05, 3.63) is 90.7 Å². The van der Waals surface area contributed by atoms with Crippen molar-refractivity contribution in [2.45, 2.75) is 25.5 Å². The quantitative estimate of drug-likeness (QED) is 0.358. The first-order chi connectivity index (χ1) is 15.2. The van der Waals surface area contributed by atoms with E-state index in [9.17, 15) is 4.79 Å². The van der Waals surface area contributed by atoms with E-state index in [4.69, 9.17) is 14.3 Å². The van der Waals surface area contributed by atoms with Crippen molar-refractivity contribution in [1.82, 2.24) is 5.32 Å². The Balaban J connectivity index is 0.000000274. The van der Waals surface area contributed by atoms with Crippen LogP contribution in [-0.4, -0.2) is 23.7 Å². The maximum absolute atomic E-state index is 10.1. The third-order valence-corrected chi connectivity index (χ3v) is 5.18. The van der Waals surface area contributed by atoms with Crippen LogP contribution in [0.4, 0.5) is 0 Å². The fourth-order valence-corrected chi connectivity index (χ4v) is 3.47. The van der Waals surface area contributed by atoms with E-state index in [1.165, 1.54) is 5.56 Å². The van der Waals surface area contributed by atoms with Gasteiger partial charge in [0.15, 0.2) is 0 Å². The zero-order valence-electron chi connectivity index (χ0n) is 18.1. The first-order valence-corrected chi connectivity index (χ1v) is 10.3. The molecule has 1 unspecified atom stereocenters. The molecule has 0 amide bonds. The Morgan fingerprint density at radius 2 is 1.94 bits per heavy atom. The molecule has 3 aromatic carbocycles. The minimum absolute atomic E-state index is 0. The summed E-state index contributed by atoms with van der Waals surface area (Å²) in [5.41, 5.74) is 4.35. The Bertz CT molecular complexity index is 1120. The summed E-state index contributed by atoms with van der Waals surface area (Å²) >= 11 is 0. The van der Waals surface area contributed by atoms with Crippen LogP contribution in [0.1, 0.15) is 18.4 Å². The minimum Gasteiger partial charge on any atom is -0.501 e. The van der Waals surface area contributed by atoms with Crippen LogP contribution in [0.25, 0.3) is 22.1 Å². The van der Waals surface area contributed by atoms with Gasteiger partial charge in [0, 0.05) is 5.39 Å². The predicted molar refractivity (Wildman–Crippen MR) is 120 cm³/mol. The summed E-state index contributed by atoms with van der Waals surface area (Å²) in [5, 5.41) is 12.3. The minimum atomic E-state index is -0.720. The second-order valence-corrected chi connectivity index (χ2v) is 7.39. The largest absolute Gasteiger partial charge is 1.00 e. The molecule has 4 aromatic rings. The smallest absolute Gasteiger partial charge is 0.501 e. The van der Waals surface area contributed by atoms with E-state index in [1.807, 2.05) is 48.5 Å². The number of hydrogen-bond donors (Lipinski definition) is 2. The van der Waals surface area contributed by atoms with Gasteiger partial charge in [-0.15, -0.1) is 5.56 Å². The summed E-state index contributed by atoms with van der Waals surface area (Å²) in [6.45, 7) is 1.41. The standard InChI is InChI=1S/C21H15O2.C5H9NO2.K/c1-2-4-16(5-3-1)15-23-20-9-6-17(7-10-20)18-8-11-21-19(14-18)12-13-22-21;7-5(8)4-2-1-3-6-4;/h1-2,4-14H,15H2;4,6H,1-3H2,(H,7,8);/q-1;;+1. The number of carboxylic acid groups (broad SMARTS) is 1. The predicted octanol–water partition coefficient (Wildman–Crippen LogP) is 2.31.